The minimum absolute atomic E-state index is 0.168. The van der Waals surface area contributed by atoms with Gasteiger partial charge in [-0.15, -0.1) is 0 Å². The summed E-state index contributed by atoms with van der Waals surface area (Å²) in [6, 6.07) is -4.76. The van der Waals surface area contributed by atoms with Crippen molar-refractivity contribution >= 4 is 17.7 Å². The van der Waals surface area contributed by atoms with Crippen LogP contribution in [0.4, 0.5) is 0 Å². The van der Waals surface area contributed by atoms with Crippen LogP contribution in [0.25, 0.3) is 0 Å². The van der Waals surface area contributed by atoms with Gasteiger partial charge in [-0.3, -0.25) is 14.4 Å². The number of aliphatic hydroxyl groups excluding tert-OH is 20. The Bertz CT molecular complexity index is 2950. The van der Waals surface area contributed by atoms with Gasteiger partial charge < -0.3 is 184 Å². The van der Waals surface area contributed by atoms with Gasteiger partial charge in [0.1, 0.15) is 165 Å². The fourth-order valence-electron chi connectivity index (χ4n) is 16.9. The highest BCUT2D eigenvalue weighted by Crippen LogP contribution is 2.40. The quantitative estimate of drug-likeness (QED) is 0.0216. The fourth-order valence-corrected chi connectivity index (χ4v) is 16.9. The average Bonchev–Trinajstić information content (AvgIpc) is 0.757. The summed E-state index contributed by atoms with van der Waals surface area (Å²) in [6.07, 6.45) is -29.7. The lowest BCUT2D eigenvalue weighted by molar-refractivity contribution is -0.402. The van der Waals surface area contributed by atoms with E-state index in [9.17, 15) is 117 Å². The smallest absolute Gasteiger partial charge is 0.220 e. The number of carbonyl (C=O) groups is 3. The van der Waals surface area contributed by atoms with E-state index in [2.05, 4.69) is 29.8 Å². The van der Waals surface area contributed by atoms with Crippen molar-refractivity contribution in [1.29, 1.82) is 0 Å². The molecule has 0 aromatic rings. The van der Waals surface area contributed by atoms with Gasteiger partial charge in [-0.25, -0.2) is 0 Å². The number of rotatable bonds is 56. The minimum Gasteiger partial charge on any atom is -0.394 e. The summed E-state index contributed by atoms with van der Waals surface area (Å²) in [5, 5.41) is 233. The molecule has 7 saturated heterocycles. The van der Waals surface area contributed by atoms with Crippen molar-refractivity contribution in [2.45, 2.75) is 454 Å². The number of unbranched alkanes of at least 4 members (excludes halogenated alkanes) is 27. The minimum atomic E-state index is -2.34. The molecule has 7 heterocycles. The highest BCUT2D eigenvalue weighted by Gasteiger charge is 2.60. The molecule has 124 heavy (non-hydrogen) atoms. The highest BCUT2D eigenvalue weighted by atomic mass is 16.8. The summed E-state index contributed by atoms with van der Waals surface area (Å²) in [5.74, 6) is -2.11. The Morgan fingerprint density at radius 2 is 0.677 bits per heavy atom. The lowest BCUT2D eigenvalue weighted by Crippen LogP contribution is -2.71. The molecule has 0 aromatic carbocycles. The summed E-state index contributed by atoms with van der Waals surface area (Å²) in [5.41, 5.74) is 0. The van der Waals surface area contributed by atoms with E-state index in [4.69, 9.17) is 66.3 Å². The van der Waals surface area contributed by atoms with Crippen LogP contribution < -0.4 is 16.0 Å². The molecule has 0 aromatic heterocycles. The van der Waals surface area contributed by atoms with Crippen LogP contribution in [0.2, 0.25) is 0 Å². The number of hydrogen-bond donors (Lipinski definition) is 23. The molecule has 7 fully saturated rings. The van der Waals surface area contributed by atoms with E-state index in [1.807, 2.05) is 6.08 Å². The molecule has 0 aliphatic carbocycles. The predicted molar refractivity (Wildman–Crippen MR) is 434 cm³/mol. The van der Waals surface area contributed by atoms with Crippen LogP contribution in [0.3, 0.4) is 0 Å². The van der Waals surface area contributed by atoms with Crippen LogP contribution in [0.5, 0.6) is 0 Å². The molecular formula is C84H151N3O37. The molecule has 14 unspecified atom stereocenters. The first-order chi connectivity index (χ1) is 59.5. The van der Waals surface area contributed by atoms with E-state index in [0.717, 1.165) is 65.2 Å². The second-order valence-electron chi connectivity index (χ2n) is 34.2. The zero-order chi connectivity index (χ0) is 90.7. The molecule has 23 N–H and O–H groups in total. The van der Waals surface area contributed by atoms with E-state index in [0.29, 0.717) is 12.8 Å². The first-order valence-electron chi connectivity index (χ1n) is 45.3. The maximum Gasteiger partial charge on any atom is 0.220 e. The molecule has 0 saturated carbocycles. The van der Waals surface area contributed by atoms with Gasteiger partial charge in [0.15, 0.2) is 44.0 Å². The largest absolute Gasteiger partial charge is 0.394 e. The Kier molecular flexibility index (Phi) is 49.2. The molecule has 7 aliphatic heterocycles. The SMILES string of the molecule is CCCCCCCCCCCCC/C=C/[C@@H](O)[C@H](CO[C@@H]1OC(CO)[C@@H](O[C@@H]2OC(CO)[C@H](O[C@@H]3OC(CO)[C@H](O)[C@H](O[C@@H]4OC(CO)[C@H](O)[C@H](O[C@@H]5OC(CO)[C@H](O)[C@H](O[C@H]6OC(CO)[C@H](O)[C@H](O)C6NC(C)=O)C5O[C@H]5OC(C)[C@@H](O)C(O)[C@@H]5O)C4NC(C)=O)C3O)[C@H](O)C2O)[C@H](O)C1O)NC(=O)CCCCCCCCCCCCCCCCCCC. The molecular weight excluding hydrogens is 1640 g/mol. The Labute approximate surface area is 726 Å². The second-order valence-corrected chi connectivity index (χ2v) is 34.2. The highest BCUT2D eigenvalue weighted by molar-refractivity contribution is 5.76. The molecule has 724 valence electrons. The second kappa shape index (κ2) is 56.6. The van der Waals surface area contributed by atoms with Crippen LogP contribution in [0.1, 0.15) is 227 Å². The summed E-state index contributed by atoms with van der Waals surface area (Å²) >= 11 is 0. The van der Waals surface area contributed by atoms with Gasteiger partial charge in [0, 0.05) is 20.3 Å². The van der Waals surface area contributed by atoms with E-state index < -0.39 is 285 Å². The van der Waals surface area contributed by atoms with Crippen molar-refractivity contribution in [2.75, 3.05) is 46.2 Å². The molecule has 0 radical (unpaired) electrons. The lowest BCUT2D eigenvalue weighted by Gasteiger charge is -2.52. The molecule has 0 spiro atoms. The number of aliphatic hydroxyl groups is 20. The number of hydrogen-bond acceptors (Lipinski definition) is 37. The molecule has 40 heteroatoms. The maximum atomic E-state index is 13.6. The van der Waals surface area contributed by atoms with E-state index >= 15 is 0 Å². The van der Waals surface area contributed by atoms with Crippen molar-refractivity contribution in [1.82, 2.24) is 16.0 Å². The van der Waals surface area contributed by atoms with Crippen molar-refractivity contribution < 1.29 is 183 Å². The molecule has 3 amide bonds. The topological polar surface area (TPSA) is 621 Å². The third kappa shape index (κ3) is 31.8. The molecule has 0 bridgehead atoms. The van der Waals surface area contributed by atoms with Gasteiger partial charge >= 0.3 is 0 Å². The van der Waals surface area contributed by atoms with Crippen LogP contribution in [-0.2, 0) is 80.7 Å². The van der Waals surface area contributed by atoms with Crippen molar-refractivity contribution in [2.24, 2.45) is 0 Å². The fraction of sp³-hybridized carbons (Fsp3) is 0.940. The van der Waals surface area contributed by atoms with Crippen molar-refractivity contribution in [3.63, 3.8) is 0 Å². The number of nitrogens with one attached hydrogen (secondary N) is 3. The predicted octanol–water partition coefficient (Wildman–Crippen LogP) is -2.79. The zero-order valence-electron chi connectivity index (χ0n) is 72.6. The first-order valence-corrected chi connectivity index (χ1v) is 45.3. The third-order valence-electron chi connectivity index (χ3n) is 24.3. The summed E-state index contributed by atoms with van der Waals surface area (Å²) < 4.78 is 84.2. The van der Waals surface area contributed by atoms with Crippen molar-refractivity contribution in [3.8, 4) is 0 Å². The number of carbonyl (C=O) groups excluding carboxylic acids is 3. The summed E-state index contributed by atoms with van der Waals surface area (Å²) in [4.78, 5) is 39.5. The Balaban J connectivity index is 1.01. The van der Waals surface area contributed by atoms with Crippen molar-refractivity contribution in [3.05, 3.63) is 12.2 Å². The van der Waals surface area contributed by atoms with Crippen LogP contribution >= 0.6 is 0 Å². The van der Waals surface area contributed by atoms with Gasteiger partial charge in [0.25, 0.3) is 0 Å². The lowest BCUT2D eigenvalue weighted by atomic mass is 9.93. The molecule has 40 nitrogen and oxygen atoms in total. The standard InChI is InChI=1S/C84H151N3O37/c1-6-8-10-12-14-16-18-20-21-22-23-25-27-29-31-33-35-37-56(97)87-48(49(96)36-34-32-30-28-26-24-19-17-15-13-11-9-7-2)44-111-80-69(108)66(105)72(54(42-92)117-80)119-82-70(109)67(106)73(55(43-93)118-82)120-83-71(110)75(62(101)52(40-90)115-83)122-79-58(86-47(5)95)74(61(100)51(39-89)114-79)121-84-77(124-81-68(107)65(104)59(98)45(3)112-81)76(63(102)53(41-91)116-84)123-78-57(85-46(4)94)64(103)60(99)50(38-88)113-78/h34,36,45,48-55,57-84,88-93,96,98-110H,6-33,35,37-44H2,1-5H3,(H,85,94)(H,86,95)(H,87,97)/b36-34+/t45?,48-,49+,50?,51?,52?,53?,54?,55?,57?,58?,59+,60-,61-,62-,63-,64+,65?,66+,67+,68-,69?,70?,71?,72+,73-,74+,75-,76-,77?,78+,79-,80+,81+,82-,83-,84-/m0/s1. The monoisotopic (exact) mass is 1790 g/mol. The van der Waals surface area contributed by atoms with E-state index in [1.54, 1.807) is 6.08 Å². The molecule has 7 rings (SSSR count). The van der Waals surface area contributed by atoms with Crippen LogP contribution in [0.15, 0.2) is 12.2 Å². The van der Waals surface area contributed by atoms with E-state index in [1.165, 1.54) is 129 Å². The maximum absolute atomic E-state index is 13.6. The molecule has 37 atom stereocenters. The van der Waals surface area contributed by atoms with Crippen LogP contribution in [0, 0.1) is 0 Å². The summed E-state index contributed by atoms with van der Waals surface area (Å²) in [7, 11) is 0. The van der Waals surface area contributed by atoms with Gasteiger partial charge in [0.2, 0.25) is 17.7 Å². The zero-order valence-corrected chi connectivity index (χ0v) is 72.6. The number of amides is 3. The van der Waals surface area contributed by atoms with Gasteiger partial charge in [-0.05, 0) is 26.2 Å². The van der Waals surface area contributed by atoms with Gasteiger partial charge in [0.05, 0.1) is 64.5 Å². The van der Waals surface area contributed by atoms with Gasteiger partial charge in [-0.2, -0.15) is 0 Å². The van der Waals surface area contributed by atoms with Gasteiger partial charge in [-0.1, -0.05) is 193 Å². The number of ether oxygens (including phenoxy) is 14. The summed E-state index contributed by atoms with van der Waals surface area (Å²) in [6.45, 7) is 0.935. The molecule has 7 aliphatic rings. The normalized spacial score (nSPS) is 38.5. The Morgan fingerprint density at radius 3 is 1.16 bits per heavy atom. The first kappa shape index (κ1) is 108. The van der Waals surface area contributed by atoms with E-state index in [-0.39, 0.29) is 12.3 Å². The number of allylic oxidation sites excluding steroid dienone is 1. The Morgan fingerprint density at radius 1 is 0.331 bits per heavy atom. The average molecular weight is 1800 g/mol. The Hall–Kier alpha value is -3.21. The third-order valence-corrected chi connectivity index (χ3v) is 24.3. The van der Waals surface area contributed by atoms with Crippen LogP contribution in [-0.4, -0.2) is 393 Å².